The summed E-state index contributed by atoms with van der Waals surface area (Å²) in [7, 11) is 0. The molecule has 0 saturated carbocycles. The SMILES string of the molecule is Cc1ccn2c(C(=O)NCCCC(=O)O)c(C)nc2c1. The zero-order chi connectivity index (χ0) is 14.7. The molecule has 6 nitrogen and oxygen atoms in total. The molecule has 0 radical (unpaired) electrons. The minimum atomic E-state index is -0.860. The number of carbonyl (C=O) groups is 2. The standard InChI is InChI=1S/C14H17N3O3/c1-9-5-7-17-11(8-9)16-10(2)13(17)14(20)15-6-3-4-12(18)19/h5,7-8H,3-4,6H2,1-2H3,(H,15,20)(H,18,19). The predicted octanol–water partition coefficient (Wildman–Crippen LogP) is 1.55. The summed E-state index contributed by atoms with van der Waals surface area (Å²) in [5.74, 6) is -1.09. The third kappa shape index (κ3) is 2.96. The maximum atomic E-state index is 12.2. The number of carboxylic acids is 1. The molecule has 1 amide bonds. The third-order valence-corrected chi connectivity index (χ3v) is 3.02. The van der Waals surface area contributed by atoms with Gasteiger partial charge in [-0.3, -0.25) is 14.0 Å². The number of carbonyl (C=O) groups excluding carboxylic acids is 1. The number of carboxylic acid groups (broad SMARTS) is 1. The minimum absolute atomic E-state index is 0.0472. The van der Waals surface area contributed by atoms with Crippen molar-refractivity contribution in [1.82, 2.24) is 14.7 Å². The highest BCUT2D eigenvalue weighted by molar-refractivity contribution is 5.94. The van der Waals surface area contributed by atoms with Gasteiger partial charge in [0.05, 0.1) is 5.69 Å². The fraction of sp³-hybridized carbons (Fsp3) is 0.357. The Kier molecular flexibility index (Phi) is 4.02. The number of aryl methyl sites for hydroxylation is 2. The molecule has 106 valence electrons. The van der Waals surface area contributed by atoms with Crippen molar-refractivity contribution in [3.8, 4) is 0 Å². The first kappa shape index (κ1) is 14.0. The lowest BCUT2D eigenvalue weighted by Gasteiger charge is -2.05. The van der Waals surface area contributed by atoms with E-state index < -0.39 is 5.97 Å². The summed E-state index contributed by atoms with van der Waals surface area (Å²) in [6.07, 6.45) is 2.28. The molecule has 2 N–H and O–H groups in total. The summed E-state index contributed by atoms with van der Waals surface area (Å²) in [4.78, 5) is 26.9. The Morgan fingerprint density at radius 2 is 2.15 bits per heavy atom. The van der Waals surface area contributed by atoms with E-state index in [0.717, 1.165) is 11.2 Å². The average molecular weight is 275 g/mol. The Bertz CT molecular complexity index is 661. The van der Waals surface area contributed by atoms with E-state index >= 15 is 0 Å². The molecular weight excluding hydrogens is 258 g/mol. The number of nitrogens with zero attached hydrogens (tertiary/aromatic N) is 2. The molecule has 0 aliphatic heterocycles. The number of aromatic nitrogens is 2. The lowest BCUT2D eigenvalue weighted by atomic mass is 10.3. The summed E-state index contributed by atoms with van der Waals surface area (Å²) in [5.41, 5.74) is 2.97. The Morgan fingerprint density at radius 3 is 2.85 bits per heavy atom. The Balaban J connectivity index is 2.13. The van der Waals surface area contributed by atoms with Crippen LogP contribution in [-0.4, -0.2) is 32.9 Å². The van der Waals surface area contributed by atoms with Crippen LogP contribution in [0, 0.1) is 13.8 Å². The van der Waals surface area contributed by atoms with Gasteiger partial charge in [0.2, 0.25) is 0 Å². The smallest absolute Gasteiger partial charge is 0.303 e. The largest absolute Gasteiger partial charge is 0.481 e. The van der Waals surface area contributed by atoms with E-state index in [1.165, 1.54) is 0 Å². The van der Waals surface area contributed by atoms with Gasteiger partial charge in [-0.15, -0.1) is 0 Å². The number of amides is 1. The monoisotopic (exact) mass is 275 g/mol. The maximum Gasteiger partial charge on any atom is 0.303 e. The summed E-state index contributed by atoms with van der Waals surface area (Å²) in [5, 5.41) is 11.3. The van der Waals surface area contributed by atoms with Gasteiger partial charge in [0.1, 0.15) is 11.3 Å². The van der Waals surface area contributed by atoms with Crippen molar-refractivity contribution in [3.63, 3.8) is 0 Å². The minimum Gasteiger partial charge on any atom is -0.481 e. The molecule has 0 fully saturated rings. The van der Waals surface area contributed by atoms with Gasteiger partial charge < -0.3 is 10.4 Å². The van der Waals surface area contributed by atoms with Crippen LogP contribution in [0.25, 0.3) is 5.65 Å². The zero-order valence-corrected chi connectivity index (χ0v) is 11.5. The van der Waals surface area contributed by atoms with E-state index in [9.17, 15) is 9.59 Å². The maximum absolute atomic E-state index is 12.2. The normalized spacial score (nSPS) is 10.7. The average Bonchev–Trinajstić information content (AvgIpc) is 2.69. The highest BCUT2D eigenvalue weighted by atomic mass is 16.4. The van der Waals surface area contributed by atoms with Crippen LogP contribution in [0.5, 0.6) is 0 Å². The number of fused-ring (bicyclic) bond motifs is 1. The molecule has 2 heterocycles. The van der Waals surface area contributed by atoms with E-state index in [2.05, 4.69) is 10.3 Å². The second-order valence-corrected chi connectivity index (χ2v) is 4.73. The number of aliphatic carboxylic acids is 1. The van der Waals surface area contributed by atoms with Crippen molar-refractivity contribution in [1.29, 1.82) is 0 Å². The number of hydrogen-bond acceptors (Lipinski definition) is 3. The number of nitrogens with one attached hydrogen (secondary N) is 1. The van der Waals surface area contributed by atoms with Crippen LogP contribution in [0.4, 0.5) is 0 Å². The Morgan fingerprint density at radius 1 is 1.40 bits per heavy atom. The molecule has 0 saturated heterocycles. The number of hydrogen-bond donors (Lipinski definition) is 2. The third-order valence-electron chi connectivity index (χ3n) is 3.02. The summed E-state index contributed by atoms with van der Waals surface area (Å²) in [6, 6.07) is 3.82. The summed E-state index contributed by atoms with van der Waals surface area (Å²) < 4.78 is 1.74. The van der Waals surface area contributed by atoms with Crippen LogP contribution in [0.3, 0.4) is 0 Å². The van der Waals surface area contributed by atoms with Gasteiger partial charge in [-0.1, -0.05) is 0 Å². The van der Waals surface area contributed by atoms with E-state index in [4.69, 9.17) is 5.11 Å². The zero-order valence-electron chi connectivity index (χ0n) is 11.5. The van der Waals surface area contributed by atoms with Crippen LogP contribution in [-0.2, 0) is 4.79 Å². The fourth-order valence-corrected chi connectivity index (χ4v) is 2.06. The number of rotatable bonds is 5. The Hall–Kier alpha value is -2.37. The summed E-state index contributed by atoms with van der Waals surface area (Å²) in [6.45, 7) is 4.09. The van der Waals surface area contributed by atoms with Crippen LogP contribution >= 0.6 is 0 Å². The lowest BCUT2D eigenvalue weighted by molar-refractivity contribution is -0.137. The molecule has 0 unspecified atom stereocenters. The van der Waals surface area contributed by atoms with Crippen molar-refractivity contribution < 1.29 is 14.7 Å². The molecule has 0 spiro atoms. The molecule has 0 aromatic carbocycles. The highest BCUT2D eigenvalue weighted by Gasteiger charge is 2.16. The van der Waals surface area contributed by atoms with Crippen molar-refractivity contribution >= 4 is 17.5 Å². The van der Waals surface area contributed by atoms with Gasteiger partial charge >= 0.3 is 5.97 Å². The highest BCUT2D eigenvalue weighted by Crippen LogP contribution is 2.13. The van der Waals surface area contributed by atoms with Crippen molar-refractivity contribution in [2.24, 2.45) is 0 Å². The second-order valence-electron chi connectivity index (χ2n) is 4.73. The quantitative estimate of drug-likeness (QED) is 0.811. The number of imidazole rings is 1. The fourth-order valence-electron chi connectivity index (χ4n) is 2.06. The van der Waals surface area contributed by atoms with E-state index in [1.54, 1.807) is 11.3 Å². The van der Waals surface area contributed by atoms with E-state index in [0.29, 0.717) is 24.4 Å². The Labute approximate surface area is 116 Å². The van der Waals surface area contributed by atoms with Crippen LogP contribution in [0.2, 0.25) is 0 Å². The van der Waals surface area contributed by atoms with Crippen LogP contribution in [0.15, 0.2) is 18.3 Å². The van der Waals surface area contributed by atoms with Gasteiger partial charge in [0, 0.05) is 19.2 Å². The van der Waals surface area contributed by atoms with Gasteiger partial charge in [0.15, 0.2) is 0 Å². The first-order valence-electron chi connectivity index (χ1n) is 6.44. The molecule has 0 bridgehead atoms. The molecule has 6 heteroatoms. The van der Waals surface area contributed by atoms with Gasteiger partial charge in [-0.2, -0.15) is 0 Å². The first-order valence-corrected chi connectivity index (χ1v) is 6.44. The van der Waals surface area contributed by atoms with Crippen molar-refractivity contribution in [3.05, 3.63) is 35.3 Å². The topological polar surface area (TPSA) is 83.7 Å². The van der Waals surface area contributed by atoms with Crippen molar-refractivity contribution in [2.75, 3.05) is 6.54 Å². The van der Waals surface area contributed by atoms with Gasteiger partial charge in [-0.25, -0.2) is 4.98 Å². The van der Waals surface area contributed by atoms with Crippen molar-refractivity contribution in [2.45, 2.75) is 26.7 Å². The first-order chi connectivity index (χ1) is 9.49. The van der Waals surface area contributed by atoms with Gasteiger partial charge in [0.25, 0.3) is 5.91 Å². The molecule has 20 heavy (non-hydrogen) atoms. The molecule has 2 aromatic heterocycles. The van der Waals surface area contributed by atoms with E-state index in [1.807, 2.05) is 25.3 Å². The molecule has 0 aliphatic carbocycles. The molecule has 2 aromatic rings. The number of pyridine rings is 1. The summed E-state index contributed by atoms with van der Waals surface area (Å²) >= 11 is 0. The molecule has 0 atom stereocenters. The van der Waals surface area contributed by atoms with Crippen LogP contribution < -0.4 is 5.32 Å². The second kappa shape index (κ2) is 5.73. The molecule has 2 rings (SSSR count). The predicted molar refractivity (Wildman–Crippen MR) is 73.9 cm³/mol. The van der Waals surface area contributed by atoms with Gasteiger partial charge in [-0.05, 0) is 38.0 Å². The lowest BCUT2D eigenvalue weighted by Crippen LogP contribution is -2.26. The molecule has 0 aliphatic rings. The van der Waals surface area contributed by atoms with Crippen LogP contribution in [0.1, 0.15) is 34.6 Å². The van der Waals surface area contributed by atoms with E-state index in [-0.39, 0.29) is 12.3 Å². The molecular formula is C14H17N3O3.